The molecule has 0 saturated heterocycles. The van der Waals surface area contributed by atoms with Crippen molar-refractivity contribution in [1.82, 2.24) is 5.32 Å². The lowest BCUT2D eigenvalue weighted by molar-refractivity contribution is 0.242. The van der Waals surface area contributed by atoms with Crippen LogP contribution in [-0.4, -0.2) is 6.54 Å². The molecule has 0 radical (unpaired) electrons. The molecule has 1 unspecified atom stereocenters. The number of hydrogen-bond donors (Lipinski definition) is 1. The average molecular weight is 292 g/mol. The van der Waals surface area contributed by atoms with Gasteiger partial charge in [0.2, 0.25) is 0 Å². The molecule has 20 heavy (non-hydrogen) atoms. The van der Waals surface area contributed by atoms with Crippen molar-refractivity contribution in [3.8, 4) is 0 Å². The minimum absolute atomic E-state index is 0.293. The largest absolute Gasteiger partial charge is 0.309 e. The van der Waals surface area contributed by atoms with E-state index in [-0.39, 0.29) is 0 Å². The van der Waals surface area contributed by atoms with E-state index >= 15 is 0 Å². The molecule has 0 amide bonds. The average Bonchev–Trinajstić information content (AvgIpc) is 2.67. The van der Waals surface area contributed by atoms with Crippen LogP contribution in [0.25, 0.3) is 0 Å². The zero-order chi connectivity index (χ0) is 14.2. The van der Waals surface area contributed by atoms with E-state index in [1.165, 1.54) is 49.8 Å². The number of fused-ring (bicyclic) bond motifs is 1. The van der Waals surface area contributed by atoms with Gasteiger partial charge in [-0.3, -0.25) is 0 Å². The third kappa shape index (κ3) is 2.89. The molecule has 110 valence electrons. The van der Waals surface area contributed by atoms with Crippen molar-refractivity contribution in [3.05, 3.63) is 34.3 Å². The van der Waals surface area contributed by atoms with E-state index in [2.05, 4.69) is 31.3 Å². The lowest BCUT2D eigenvalue weighted by atomic mass is 9.84. The van der Waals surface area contributed by atoms with Gasteiger partial charge in [0.1, 0.15) is 0 Å². The molecule has 2 aliphatic carbocycles. The minimum atomic E-state index is 0.293. The number of rotatable bonds is 3. The molecule has 1 nitrogen and oxygen atoms in total. The molecule has 3 rings (SSSR count). The summed E-state index contributed by atoms with van der Waals surface area (Å²) in [6.45, 7) is 5.92. The monoisotopic (exact) mass is 291 g/mol. The van der Waals surface area contributed by atoms with Gasteiger partial charge in [0.05, 0.1) is 0 Å². The van der Waals surface area contributed by atoms with Gasteiger partial charge in [0.25, 0.3) is 0 Å². The highest BCUT2D eigenvalue weighted by atomic mass is 35.5. The van der Waals surface area contributed by atoms with Gasteiger partial charge in [-0.1, -0.05) is 50.8 Å². The molecule has 0 aromatic heterocycles. The van der Waals surface area contributed by atoms with E-state index in [0.717, 1.165) is 17.4 Å². The predicted molar refractivity (Wildman–Crippen MR) is 86.3 cm³/mol. The Kier molecular flexibility index (Phi) is 4.10. The SMILES string of the molecule is CC1(C)Cc2ccc(Cl)cc2C1NCC1CCCCC1. The maximum absolute atomic E-state index is 6.20. The summed E-state index contributed by atoms with van der Waals surface area (Å²) in [7, 11) is 0. The summed E-state index contributed by atoms with van der Waals surface area (Å²) in [4.78, 5) is 0. The highest BCUT2D eigenvalue weighted by Crippen LogP contribution is 2.46. The first-order valence-corrected chi connectivity index (χ1v) is 8.46. The quantitative estimate of drug-likeness (QED) is 0.814. The van der Waals surface area contributed by atoms with Crippen molar-refractivity contribution in [3.63, 3.8) is 0 Å². The Balaban J connectivity index is 1.72. The summed E-state index contributed by atoms with van der Waals surface area (Å²) in [5, 5.41) is 4.73. The first-order chi connectivity index (χ1) is 9.56. The summed E-state index contributed by atoms with van der Waals surface area (Å²) in [6, 6.07) is 6.87. The van der Waals surface area contributed by atoms with Crippen LogP contribution in [-0.2, 0) is 6.42 Å². The Bertz CT molecular complexity index is 474. The van der Waals surface area contributed by atoms with E-state index in [9.17, 15) is 0 Å². The number of benzene rings is 1. The Morgan fingerprint density at radius 2 is 1.95 bits per heavy atom. The van der Waals surface area contributed by atoms with Crippen LogP contribution in [0.5, 0.6) is 0 Å². The van der Waals surface area contributed by atoms with Crippen LogP contribution in [0.1, 0.15) is 63.1 Å². The molecule has 1 fully saturated rings. The van der Waals surface area contributed by atoms with Crippen LogP contribution in [0.3, 0.4) is 0 Å². The molecular formula is C18H26ClN. The molecule has 1 N–H and O–H groups in total. The zero-order valence-electron chi connectivity index (χ0n) is 12.7. The number of hydrogen-bond acceptors (Lipinski definition) is 1. The van der Waals surface area contributed by atoms with Gasteiger partial charge < -0.3 is 5.32 Å². The standard InChI is InChI=1S/C18H26ClN/c1-18(2)11-14-8-9-15(19)10-16(14)17(18)20-12-13-6-4-3-5-7-13/h8-10,13,17,20H,3-7,11-12H2,1-2H3. The van der Waals surface area contributed by atoms with Crippen LogP contribution < -0.4 is 5.32 Å². The summed E-state index contributed by atoms with van der Waals surface area (Å²) in [5.74, 6) is 0.878. The Hall–Kier alpha value is -0.530. The van der Waals surface area contributed by atoms with Crippen molar-refractivity contribution in [2.75, 3.05) is 6.54 Å². The summed E-state index contributed by atoms with van der Waals surface area (Å²) < 4.78 is 0. The topological polar surface area (TPSA) is 12.0 Å². The lowest BCUT2D eigenvalue weighted by Gasteiger charge is -2.31. The van der Waals surface area contributed by atoms with E-state index in [1.54, 1.807) is 0 Å². The van der Waals surface area contributed by atoms with Crippen LogP contribution in [0.4, 0.5) is 0 Å². The predicted octanol–water partition coefficient (Wildman–Crippen LogP) is 5.13. The molecule has 2 aliphatic rings. The van der Waals surface area contributed by atoms with Gasteiger partial charge in [-0.2, -0.15) is 0 Å². The molecule has 1 aromatic carbocycles. The van der Waals surface area contributed by atoms with Crippen molar-refractivity contribution in [1.29, 1.82) is 0 Å². The Morgan fingerprint density at radius 1 is 1.20 bits per heavy atom. The third-order valence-electron chi connectivity index (χ3n) is 5.18. The summed E-state index contributed by atoms with van der Waals surface area (Å²) in [6.07, 6.45) is 8.24. The normalized spacial score (nSPS) is 25.6. The van der Waals surface area contributed by atoms with Gasteiger partial charge in [0, 0.05) is 11.1 Å². The summed E-state index contributed by atoms with van der Waals surface area (Å²) >= 11 is 6.20. The van der Waals surface area contributed by atoms with Crippen molar-refractivity contribution >= 4 is 11.6 Å². The van der Waals surface area contributed by atoms with Gasteiger partial charge >= 0.3 is 0 Å². The molecule has 2 heteroatoms. The van der Waals surface area contributed by atoms with E-state index in [4.69, 9.17) is 11.6 Å². The third-order valence-corrected chi connectivity index (χ3v) is 5.42. The Morgan fingerprint density at radius 3 is 2.70 bits per heavy atom. The molecule has 1 atom stereocenters. The van der Waals surface area contributed by atoms with Crippen LogP contribution in [0.2, 0.25) is 5.02 Å². The van der Waals surface area contributed by atoms with Crippen molar-refractivity contribution in [2.24, 2.45) is 11.3 Å². The number of halogens is 1. The van der Waals surface area contributed by atoms with E-state index < -0.39 is 0 Å². The fourth-order valence-corrected chi connectivity index (χ4v) is 4.25. The highest BCUT2D eigenvalue weighted by Gasteiger charge is 2.38. The van der Waals surface area contributed by atoms with Gasteiger partial charge in [0.15, 0.2) is 0 Å². The molecular weight excluding hydrogens is 266 g/mol. The van der Waals surface area contributed by atoms with Gasteiger partial charge in [-0.15, -0.1) is 0 Å². The maximum atomic E-state index is 6.20. The minimum Gasteiger partial charge on any atom is -0.309 e. The lowest BCUT2D eigenvalue weighted by Crippen LogP contribution is -2.35. The maximum Gasteiger partial charge on any atom is 0.0409 e. The number of nitrogens with one attached hydrogen (secondary N) is 1. The molecule has 0 bridgehead atoms. The molecule has 0 spiro atoms. The fraction of sp³-hybridized carbons (Fsp3) is 0.667. The van der Waals surface area contributed by atoms with Crippen molar-refractivity contribution in [2.45, 2.75) is 58.4 Å². The first kappa shape index (κ1) is 14.4. The second-order valence-corrected chi connectivity index (χ2v) is 7.79. The second-order valence-electron chi connectivity index (χ2n) is 7.35. The summed E-state index contributed by atoms with van der Waals surface area (Å²) in [5.41, 5.74) is 3.20. The second kappa shape index (κ2) is 5.69. The van der Waals surface area contributed by atoms with Crippen molar-refractivity contribution < 1.29 is 0 Å². The van der Waals surface area contributed by atoms with E-state index in [0.29, 0.717) is 11.5 Å². The van der Waals surface area contributed by atoms with E-state index in [1.807, 2.05) is 6.07 Å². The van der Waals surface area contributed by atoms with Crippen LogP contribution in [0, 0.1) is 11.3 Å². The molecule has 1 aromatic rings. The fourth-order valence-electron chi connectivity index (χ4n) is 4.07. The van der Waals surface area contributed by atoms with Crippen LogP contribution >= 0.6 is 11.6 Å². The molecule has 1 saturated carbocycles. The first-order valence-electron chi connectivity index (χ1n) is 8.08. The zero-order valence-corrected chi connectivity index (χ0v) is 13.5. The van der Waals surface area contributed by atoms with Crippen LogP contribution in [0.15, 0.2) is 18.2 Å². The highest BCUT2D eigenvalue weighted by molar-refractivity contribution is 6.30. The smallest absolute Gasteiger partial charge is 0.0409 e. The van der Waals surface area contributed by atoms with Gasteiger partial charge in [-0.25, -0.2) is 0 Å². The molecule has 0 aliphatic heterocycles. The Labute approximate surface area is 128 Å². The van der Waals surface area contributed by atoms with Gasteiger partial charge in [-0.05, 0) is 60.4 Å². The molecule has 0 heterocycles.